The van der Waals surface area contributed by atoms with Crippen LogP contribution in [-0.2, 0) is 0 Å². The highest BCUT2D eigenvalue weighted by Crippen LogP contribution is 2.26. The van der Waals surface area contributed by atoms with Gasteiger partial charge in [0.1, 0.15) is 0 Å². The second kappa shape index (κ2) is 5.77. The van der Waals surface area contributed by atoms with Crippen LogP contribution in [0.15, 0.2) is 59.5 Å². The summed E-state index contributed by atoms with van der Waals surface area (Å²) in [7, 11) is 0. The maximum absolute atomic E-state index is 4.59. The van der Waals surface area contributed by atoms with Gasteiger partial charge in [0.05, 0.1) is 11.9 Å². The molecule has 0 aliphatic heterocycles. The number of fused-ring (bicyclic) bond motifs is 1. The minimum atomic E-state index is 0.536. The third-order valence-corrected chi connectivity index (χ3v) is 3.86. The van der Waals surface area contributed by atoms with E-state index >= 15 is 0 Å². The Bertz CT molecular complexity index is 981. The molecule has 0 bridgehead atoms. The summed E-state index contributed by atoms with van der Waals surface area (Å²) in [5.74, 6) is 0.536. The minimum absolute atomic E-state index is 0.536. The molecule has 0 spiro atoms. The summed E-state index contributed by atoms with van der Waals surface area (Å²) < 4.78 is 0.993. The summed E-state index contributed by atoms with van der Waals surface area (Å²) in [6, 6.07) is 11.6. The molecule has 0 amide bonds. The highest BCUT2D eigenvalue weighted by molar-refractivity contribution is 9.10. The first-order valence-electron chi connectivity index (χ1n) is 6.94. The molecule has 1 aromatic carbocycles. The fourth-order valence-corrected chi connectivity index (χ4v) is 2.74. The van der Waals surface area contributed by atoms with Gasteiger partial charge in [0, 0.05) is 33.5 Å². The van der Waals surface area contributed by atoms with Gasteiger partial charge in [-0.3, -0.25) is 5.10 Å². The fraction of sp³-hybridized carbons (Fsp3) is 0. The maximum Gasteiger partial charge on any atom is 0.227 e. The van der Waals surface area contributed by atoms with Gasteiger partial charge in [0.15, 0.2) is 5.65 Å². The molecule has 2 N–H and O–H groups in total. The lowest BCUT2D eigenvalue weighted by Crippen LogP contribution is -1.98. The molecule has 3 aromatic heterocycles. The van der Waals surface area contributed by atoms with Gasteiger partial charge in [0.25, 0.3) is 0 Å². The van der Waals surface area contributed by atoms with Crippen molar-refractivity contribution in [1.29, 1.82) is 0 Å². The van der Waals surface area contributed by atoms with Gasteiger partial charge >= 0.3 is 0 Å². The summed E-state index contributed by atoms with van der Waals surface area (Å²) in [6.45, 7) is 0. The topological polar surface area (TPSA) is 79.4 Å². The van der Waals surface area contributed by atoms with Crippen LogP contribution in [0, 0.1) is 0 Å². The Morgan fingerprint density at radius 1 is 1.04 bits per heavy atom. The Kier molecular flexibility index (Phi) is 3.47. The van der Waals surface area contributed by atoms with Gasteiger partial charge in [-0.05, 0) is 30.3 Å². The van der Waals surface area contributed by atoms with Crippen molar-refractivity contribution in [1.82, 2.24) is 25.1 Å². The lowest BCUT2D eigenvalue weighted by Gasteiger charge is -2.07. The molecular weight excluding hydrogens is 356 g/mol. The summed E-state index contributed by atoms with van der Waals surface area (Å²) in [5.41, 5.74) is 3.43. The van der Waals surface area contributed by atoms with Crippen molar-refractivity contribution >= 4 is 38.6 Å². The summed E-state index contributed by atoms with van der Waals surface area (Å²) >= 11 is 3.45. The first-order valence-corrected chi connectivity index (χ1v) is 7.73. The maximum atomic E-state index is 4.59. The Balaban J connectivity index is 1.73. The molecule has 0 aliphatic rings. The number of hydrogen-bond donors (Lipinski definition) is 2. The van der Waals surface area contributed by atoms with E-state index in [0.29, 0.717) is 5.95 Å². The van der Waals surface area contributed by atoms with Crippen molar-refractivity contribution in [3.05, 3.63) is 59.5 Å². The van der Waals surface area contributed by atoms with E-state index in [0.717, 1.165) is 32.5 Å². The molecule has 0 aliphatic carbocycles. The Hall–Kier alpha value is -2.80. The number of aromatic amines is 1. The Morgan fingerprint density at radius 3 is 2.87 bits per heavy atom. The smallest absolute Gasteiger partial charge is 0.227 e. The molecule has 4 aromatic rings. The third-order valence-electron chi connectivity index (χ3n) is 3.37. The van der Waals surface area contributed by atoms with E-state index in [1.54, 1.807) is 18.6 Å². The number of nitrogens with zero attached hydrogens (tertiary/aromatic N) is 4. The molecule has 0 atom stereocenters. The minimum Gasteiger partial charge on any atom is -0.324 e. The number of halogens is 1. The van der Waals surface area contributed by atoms with Crippen molar-refractivity contribution < 1.29 is 0 Å². The zero-order valence-electron chi connectivity index (χ0n) is 11.9. The standard InChI is InChI=1S/C16H11BrN6/c17-10-2-1-3-11(8-10)21-16-19-7-5-14(22-16)12-4-6-18-15-13(12)9-20-23-15/h1-9H,(H,18,20,23)(H,19,21,22). The summed E-state index contributed by atoms with van der Waals surface area (Å²) in [5, 5.41) is 11.0. The molecule has 0 fully saturated rings. The van der Waals surface area contributed by atoms with Crippen LogP contribution >= 0.6 is 15.9 Å². The lowest BCUT2D eigenvalue weighted by molar-refractivity contribution is 1.10. The van der Waals surface area contributed by atoms with Crippen LogP contribution in [-0.4, -0.2) is 25.1 Å². The van der Waals surface area contributed by atoms with Crippen LogP contribution < -0.4 is 5.32 Å². The number of rotatable bonds is 3. The van der Waals surface area contributed by atoms with Crippen LogP contribution in [0.1, 0.15) is 0 Å². The summed E-state index contributed by atoms with van der Waals surface area (Å²) in [4.78, 5) is 13.1. The number of nitrogens with one attached hydrogen (secondary N) is 2. The first-order chi connectivity index (χ1) is 11.3. The van der Waals surface area contributed by atoms with Crippen molar-refractivity contribution in [3.8, 4) is 11.3 Å². The van der Waals surface area contributed by atoms with Crippen LogP contribution in [0.5, 0.6) is 0 Å². The number of anilines is 2. The fourth-order valence-electron chi connectivity index (χ4n) is 2.34. The molecule has 4 rings (SSSR count). The van der Waals surface area contributed by atoms with E-state index in [2.05, 4.69) is 46.4 Å². The Morgan fingerprint density at radius 2 is 1.96 bits per heavy atom. The monoisotopic (exact) mass is 366 g/mol. The normalized spacial score (nSPS) is 10.8. The third kappa shape index (κ3) is 2.78. The predicted octanol–water partition coefficient (Wildman–Crippen LogP) is 3.92. The molecule has 3 heterocycles. The highest BCUT2D eigenvalue weighted by Gasteiger charge is 2.08. The average Bonchev–Trinajstić information content (AvgIpc) is 3.03. The van der Waals surface area contributed by atoms with Gasteiger partial charge in [-0.2, -0.15) is 5.10 Å². The van der Waals surface area contributed by atoms with Crippen LogP contribution in [0.4, 0.5) is 11.6 Å². The van der Waals surface area contributed by atoms with Crippen molar-refractivity contribution in [2.45, 2.75) is 0 Å². The largest absolute Gasteiger partial charge is 0.324 e. The molecular formula is C16H11BrN6. The Labute approximate surface area is 140 Å². The van der Waals surface area contributed by atoms with Crippen LogP contribution in [0.25, 0.3) is 22.3 Å². The van der Waals surface area contributed by atoms with Crippen LogP contribution in [0.2, 0.25) is 0 Å². The number of pyridine rings is 1. The number of hydrogen-bond acceptors (Lipinski definition) is 5. The van der Waals surface area contributed by atoms with Crippen molar-refractivity contribution in [2.75, 3.05) is 5.32 Å². The van der Waals surface area contributed by atoms with E-state index in [9.17, 15) is 0 Å². The molecule has 112 valence electrons. The summed E-state index contributed by atoms with van der Waals surface area (Å²) in [6.07, 6.45) is 5.22. The predicted molar refractivity (Wildman–Crippen MR) is 92.3 cm³/mol. The first kappa shape index (κ1) is 13.8. The quantitative estimate of drug-likeness (QED) is 0.574. The van der Waals surface area contributed by atoms with Gasteiger partial charge in [-0.15, -0.1) is 0 Å². The molecule has 0 radical (unpaired) electrons. The van der Waals surface area contributed by atoms with E-state index < -0.39 is 0 Å². The van der Waals surface area contributed by atoms with Gasteiger partial charge in [-0.25, -0.2) is 15.0 Å². The zero-order valence-corrected chi connectivity index (χ0v) is 13.4. The second-order valence-corrected chi connectivity index (χ2v) is 5.81. The van der Waals surface area contributed by atoms with Gasteiger partial charge < -0.3 is 5.32 Å². The van der Waals surface area contributed by atoms with Crippen molar-refractivity contribution in [2.24, 2.45) is 0 Å². The molecule has 0 saturated carbocycles. The SMILES string of the molecule is Brc1cccc(Nc2nccc(-c3ccnc4[nH]ncc34)n2)c1. The number of H-pyrrole nitrogens is 1. The van der Waals surface area contributed by atoms with Crippen LogP contribution in [0.3, 0.4) is 0 Å². The van der Waals surface area contributed by atoms with E-state index in [1.165, 1.54) is 0 Å². The molecule has 23 heavy (non-hydrogen) atoms. The second-order valence-electron chi connectivity index (χ2n) is 4.89. The van der Waals surface area contributed by atoms with E-state index in [1.807, 2.05) is 36.4 Å². The van der Waals surface area contributed by atoms with E-state index in [4.69, 9.17) is 0 Å². The number of benzene rings is 1. The highest BCUT2D eigenvalue weighted by atomic mass is 79.9. The zero-order chi connectivity index (χ0) is 15.6. The average molecular weight is 367 g/mol. The molecule has 0 unspecified atom stereocenters. The lowest BCUT2D eigenvalue weighted by atomic mass is 10.1. The molecule has 0 saturated heterocycles. The van der Waals surface area contributed by atoms with Crippen molar-refractivity contribution in [3.63, 3.8) is 0 Å². The van der Waals surface area contributed by atoms with E-state index in [-0.39, 0.29) is 0 Å². The number of aromatic nitrogens is 5. The van der Waals surface area contributed by atoms with Gasteiger partial charge in [-0.1, -0.05) is 22.0 Å². The van der Waals surface area contributed by atoms with Gasteiger partial charge in [0.2, 0.25) is 5.95 Å². The molecule has 6 nitrogen and oxygen atoms in total. The molecule has 7 heteroatoms.